The van der Waals surface area contributed by atoms with E-state index in [1.54, 1.807) is 37.1 Å². The van der Waals surface area contributed by atoms with E-state index < -0.39 is 17.5 Å². The van der Waals surface area contributed by atoms with Gasteiger partial charge in [-0.2, -0.15) is 0 Å². The number of fused-ring (bicyclic) bond motifs is 2. The molecular weight excluding hydrogens is 588 g/mol. The van der Waals surface area contributed by atoms with Crippen molar-refractivity contribution in [2.75, 3.05) is 34.0 Å². The predicted molar refractivity (Wildman–Crippen MR) is 152 cm³/mol. The van der Waals surface area contributed by atoms with Crippen LogP contribution in [0.5, 0.6) is 16.7 Å². The summed E-state index contributed by atoms with van der Waals surface area (Å²) in [5, 5.41) is 22.1. The molecule has 5 aromatic rings. The summed E-state index contributed by atoms with van der Waals surface area (Å²) in [6, 6.07) is 5.42. The van der Waals surface area contributed by atoms with Crippen molar-refractivity contribution in [2.24, 2.45) is 0 Å². The highest BCUT2D eigenvalue weighted by Crippen LogP contribution is 2.38. The number of carbonyl (C=O) groups is 2. The van der Waals surface area contributed by atoms with Crippen LogP contribution in [0.1, 0.15) is 23.5 Å². The van der Waals surface area contributed by atoms with Crippen LogP contribution in [-0.4, -0.2) is 70.7 Å². The Labute approximate surface area is 246 Å². The number of benzene rings is 1. The Morgan fingerprint density at radius 1 is 1.17 bits per heavy atom. The minimum atomic E-state index is -1.27. The Hall–Kier alpha value is -4.41. The number of thiazole rings is 1. The fourth-order valence-electron chi connectivity index (χ4n) is 4.65. The Kier molecular flexibility index (Phi) is 7.57. The molecule has 0 aliphatic carbocycles. The van der Waals surface area contributed by atoms with Gasteiger partial charge in [-0.15, -0.1) is 16.4 Å². The van der Waals surface area contributed by atoms with E-state index in [0.717, 1.165) is 5.39 Å². The van der Waals surface area contributed by atoms with Crippen LogP contribution in [0.2, 0.25) is 0 Å². The third-order valence-electron chi connectivity index (χ3n) is 6.72. The molecule has 3 N–H and O–H groups in total. The maximum Gasteiger partial charge on any atom is 0.405 e. The number of hydrogen-bond donors (Lipinski definition) is 3. The zero-order chi connectivity index (χ0) is 29.3. The van der Waals surface area contributed by atoms with Crippen LogP contribution in [0, 0.1) is 0 Å². The van der Waals surface area contributed by atoms with Gasteiger partial charge in [0.1, 0.15) is 40.9 Å². The zero-order valence-corrected chi connectivity index (χ0v) is 24.2. The van der Waals surface area contributed by atoms with Crippen molar-refractivity contribution in [3.8, 4) is 28.1 Å². The molecule has 0 spiro atoms. The van der Waals surface area contributed by atoms with Crippen LogP contribution in [0.3, 0.4) is 0 Å². The van der Waals surface area contributed by atoms with E-state index in [0.29, 0.717) is 75.4 Å². The molecule has 0 radical (unpaired) electrons. The van der Waals surface area contributed by atoms with Gasteiger partial charge in [-0.25, -0.2) is 19.3 Å². The Balaban J connectivity index is 1.22. The van der Waals surface area contributed by atoms with Gasteiger partial charge in [-0.05, 0) is 17.4 Å². The summed E-state index contributed by atoms with van der Waals surface area (Å²) in [6.45, 7) is 0.700. The highest BCUT2D eigenvalue weighted by Gasteiger charge is 2.38. The van der Waals surface area contributed by atoms with Gasteiger partial charge in [-0.1, -0.05) is 0 Å². The smallest absolute Gasteiger partial charge is 0.405 e. The number of hydrogen-bond acceptors (Lipinski definition) is 12. The maximum absolute atomic E-state index is 12.5. The fourth-order valence-corrected chi connectivity index (χ4v) is 6.37. The number of amides is 2. The normalized spacial score (nSPS) is 14.6. The van der Waals surface area contributed by atoms with Crippen molar-refractivity contribution in [3.63, 3.8) is 0 Å². The van der Waals surface area contributed by atoms with E-state index >= 15 is 0 Å². The number of carbonyl (C=O) groups excluding carboxylic acids is 1. The molecule has 1 fully saturated rings. The van der Waals surface area contributed by atoms with Crippen LogP contribution < -0.4 is 24.8 Å². The average molecular weight is 615 g/mol. The lowest BCUT2D eigenvalue weighted by Crippen LogP contribution is -2.52. The van der Waals surface area contributed by atoms with Crippen molar-refractivity contribution in [3.05, 3.63) is 40.5 Å². The minimum Gasteiger partial charge on any atom is -0.496 e. The topological polar surface area (TPSA) is 172 Å². The van der Waals surface area contributed by atoms with Gasteiger partial charge in [0, 0.05) is 43.6 Å². The quantitative estimate of drug-likeness (QED) is 0.210. The van der Waals surface area contributed by atoms with E-state index in [2.05, 4.69) is 20.7 Å². The minimum absolute atomic E-state index is 0.157. The summed E-state index contributed by atoms with van der Waals surface area (Å²) in [5.41, 5.74) is 1.11. The van der Waals surface area contributed by atoms with Crippen molar-refractivity contribution in [1.29, 1.82) is 0 Å². The molecular formula is C26H26N6O8S2. The number of methoxy groups -OCH3 is 2. The second-order valence-electron chi connectivity index (χ2n) is 9.41. The van der Waals surface area contributed by atoms with Gasteiger partial charge >= 0.3 is 6.09 Å². The number of carboxylic acid groups (broad SMARTS) is 1. The maximum atomic E-state index is 12.5. The SMILES string of the molecule is COc1cc(OCc2csc(C3(NC(=O)CNC(=O)O)CCOCC3)n2)c2cc(-c3cn4nc(OC)sc4n3)oc2c1. The summed E-state index contributed by atoms with van der Waals surface area (Å²) in [6.07, 6.45) is 1.53. The number of nitrogens with zero attached hydrogens (tertiary/aromatic N) is 4. The van der Waals surface area contributed by atoms with Gasteiger partial charge in [0.15, 0.2) is 5.76 Å². The molecule has 42 heavy (non-hydrogen) atoms. The Morgan fingerprint density at radius 2 is 2.00 bits per heavy atom. The summed E-state index contributed by atoms with van der Waals surface area (Å²) < 4.78 is 30.1. The van der Waals surface area contributed by atoms with E-state index in [1.807, 2.05) is 11.4 Å². The molecule has 5 heterocycles. The van der Waals surface area contributed by atoms with Gasteiger partial charge in [0.05, 0.1) is 37.0 Å². The predicted octanol–water partition coefficient (Wildman–Crippen LogP) is 3.65. The lowest BCUT2D eigenvalue weighted by atomic mass is 9.90. The van der Waals surface area contributed by atoms with E-state index in [1.165, 1.54) is 22.7 Å². The first kappa shape index (κ1) is 27.7. The molecule has 14 nitrogen and oxygen atoms in total. The third-order valence-corrected chi connectivity index (χ3v) is 8.70. The second kappa shape index (κ2) is 11.5. The first-order valence-corrected chi connectivity index (χ1v) is 14.5. The summed E-state index contributed by atoms with van der Waals surface area (Å²) >= 11 is 2.73. The number of ether oxygens (including phenoxy) is 4. The number of nitrogens with one attached hydrogen (secondary N) is 2. The molecule has 0 unspecified atom stereocenters. The molecule has 16 heteroatoms. The number of furan rings is 1. The van der Waals surface area contributed by atoms with Gasteiger partial charge in [0.25, 0.3) is 5.19 Å². The van der Waals surface area contributed by atoms with Crippen molar-refractivity contribution >= 4 is 50.6 Å². The van der Waals surface area contributed by atoms with Crippen molar-refractivity contribution in [1.82, 2.24) is 30.2 Å². The fraction of sp³-hybridized carbons (Fsp3) is 0.346. The molecule has 4 aromatic heterocycles. The third kappa shape index (κ3) is 5.55. The highest BCUT2D eigenvalue weighted by atomic mass is 32.1. The largest absolute Gasteiger partial charge is 0.496 e. The zero-order valence-electron chi connectivity index (χ0n) is 22.5. The van der Waals surface area contributed by atoms with Crippen LogP contribution in [0.25, 0.3) is 27.4 Å². The summed E-state index contributed by atoms with van der Waals surface area (Å²) in [7, 11) is 3.13. The van der Waals surface area contributed by atoms with E-state index in [9.17, 15) is 9.59 Å². The van der Waals surface area contributed by atoms with E-state index in [4.69, 9.17) is 33.5 Å². The number of rotatable bonds is 10. The Bertz CT molecular complexity index is 1720. The van der Waals surface area contributed by atoms with Crippen molar-refractivity contribution < 1.29 is 38.1 Å². The Morgan fingerprint density at radius 3 is 2.74 bits per heavy atom. The molecule has 2 amide bonds. The molecule has 6 rings (SSSR count). The van der Waals surface area contributed by atoms with Gasteiger partial charge in [-0.3, -0.25) is 4.79 Å². The first-order valence-electron chi connectivity index (χ1n) is 12.8. The molecule has 1 saturated heterocycles. The summed E-state index contributed by atoms with van der Waals surface area (Å²) in [4.78, 5) is 33.4. The molecule has 0 atom stereocenters. The number of imidazole rings is 1. The summed E-state index contributed by atoms with van der Waals surface area (Å²) in [5.74, 6) is 1.22. The molecule has 1 aliphatic rings. The van der Waals surface area contributed by atoms with E-state index in [-0.39, 0.29) is 13.2 Å². The average Bonchev–Trinajstić information content (AvgIpc) is 3.77. The van der Waals surface area contributed by atoms with Gasteiger partial charge < -0.3 is 39.1 Å². The molecule has 1 aromatic carbocycles. The molecule has 0 saturated carbocycles. The second-order valence-corrected chi connectivity index (χ2v) is 11.2. The van der Waals surface area contributed by atoms with Gasteiger partial charge in [0.2, 0.25) is 10.9 Å². The monoisotopic (exact) mass is 614 g/mol. The lowest BCUT2D eigenvalue weighted by molar-refractivity contribution is -0.123. The molecule has 220 valence electrons. The first-order chi connectivity index (χ1) is 20.4. The standard InChI is InChI=1S/C26H26N6O8S2/c1-36-15-7-18(16-9-20(40-19(16)8-15)17-11-32-23(29-17)42-25(31-32)37-2)39-12-14-13-41-22(28-14)26(3-5-38-6-4-26)30-21(33)10-27-24(34)35/h7-9,11,13,27H,3-6,10,12H2,1-2H3,(H,30,33)(H,34,35). The lowest BCUT2D eigenvalue weighted by Gasteiger charge is -2.36. The number of aromatic nitrogens is 4. The van der Waals surface area contributed by atoms with Crippen LogP contribution in [0.15, 0.2) is 34.2 Å². The molecule has 0 bridgehead atoms. The molecule has 1 aliphatic heterocycles. The van der Waals surface area contributed by atoms with Crippen molar-refractivity contribution in [2.45, 2.75) is 25.0 Å². The van der Waals surface area contributed by atoms with Crippen LogP contribution >= 0.6 is 22.7 Å². The highest BCUT2D eigenvalue weighted by molar-refractivity contribution is 7.18. The van der Waals surface area contributed by atoms with Crippen LogP contribution in [-0.2, 0) is 21.7 Å². The van der Waals surface area contributed by atoms with Crippen LogP contribution in [0.4, 0.5) is 4.79 Å².